The van der Waals surface area contributed by atoms with Gasteiger partial charge >= 0.3 is 0 Å². The SMILES string of the molecule is Nc1cc(C2CCN(S(=O)(=O)c3ccc(Cl)s3)CC2)no1. The number of thiophene rings is 1. The maximum Gasteiger partial charge on any atom is 0.252 e. The predicted octanol–water partition coefficient (Wildman–Crippen LogP) is 2.54. The molecule has 9 heteroatoms. The molecule has 2 N–H and O–H groups in total. The molecule has 1 saturated heterocycles. The molecular formula is C12H14ClN3O3S2. The standard InChI is InChI=1S/C12H14ClN3O3S2/c13-10-1-2-12(20-10)21(17,18)16-5-3-8(4-6-16)9-7-11(14)19-15-9/h1-2,7-8H,3-6,14H2. The lowest BCUT2D eigenvalue weighted by atomic mass is 9.95. The number of sulfonamides is 1. The van der Waals surface area contributed by atoms with Gasteiger partial charge < -0.3 is 10.3 Å². The molecule has 2 aromatic rings. The molecular weight excluding hydrogens is 334 g/mol. The van der Waals surface area contributed by atoms with E-state index >= 15 is 0 Å². The maximum atomic E-state index is 12.5. The molecule has 0 amide bonds. The number of rotatable bonds is 3. The van der Waals surface area contributed by atoms with Gasteiger partial charge in [-0.3, -0.25) is 0 Å². The van der Waals surface area contributed by atoms with Crippen molar-refractivity contribution < 1.29 is 12.9 Å². The maximum absolute atomic E-state index is 12.5. The van der Waals surface area contributed by atoms with Crippen molar-refractivity contribution in [2.45, 2.75) is 23.0 Å². The van der Waals surface area contributed by atoms with Crippen LogP contribution in [0.1, 0.15) is 24.5 Å². The van der Waals surface area contributed by atoms with Crippen molar-refractivity contribution in [2.24, 2.45) is 0 Å². The fraction of sp³-hybridized carbons (Fsp3) is 0.417. The molecule has 0 spiro atoms. The highest BCUT2D eigenvalue weighted by atomic mass is 35.5. The van der Waals surface area contributed by atoms with Gasteiger partial charge in [-0.1, -0.05) is 16.8 Å². The molecule has 1 aliphatic heterocycles. The van der Waals surface area contributed by atoms with Gasteiger partial charge in [-0.2, -0.15) is 4.31 Å². The molecule has 0 radical (unpaired) electrons. The van der Waals surface area contributed by atoms with Crippen LogP contribution in [0.3, 0.4) is 0 Å². The molecule has 1 fully saturated rings. The molecule has 114 valence electrons. The van der Waals surface area contributed by atoms with E-state index in [9.17, 15) is 8.42 Å². The summed E-state index contributed by atoms with van der Waals surface area (Å²) in [5, 5.41) is 3.90. The molecule has 3 heterocycles. The van der Waals surface area contributed by atoms with Crippen LogP contribution >= 0.6 is 22.9 Å². The first kappa shape index (κ1) is 14.8. The van der Waals surface area contributed by atoms with Crippen molar-refractivity contribution in [3.63, 3.8) is 0 Å². The number of anilines is 1. The topological polar surface area (TPSA) is 89.4 Å². The van der Waals surface area contributed by atoms with Crippen LogP contribution in [-0.2, 0) is 10.0 Å². The number of piperidine rings is 1. The third-order valence-electron chi connectivity index (χ3n) is 3.56. The average molecular weight is 348 g/mol. The first-order valence-electron chi connectivity index (χ1n) is 6.44. The summed E-state index contributed by atoms with van der Waals surface area (Å²) in [4.78, 5) is 0. The molecule has 0 bridgehead atoms. The molecule has 1 aliphatic rings. The van der Waals surface area contributed by atoms with E-state index in [0.29, 0.717) is 30.3 Å². The summed E-state index contributed by atoms with van der Waals surface area (Å²) in [6.45, 7) is 0.907. The van der Waals surface area contributed by atoms with E-state index in [1.54, 1.807) is 18.2 Å². The van der Waals surface area contributed by atoms with Gasteiger partial charge in [0, 0.05) is 25.1 Å². The Balaban J connectivity index is 1.71. The molecule has 0 aromatic carbocycles. The van der Waals surface area contributed by atoms with Gasteiger partial charge in [0.2, 0.25) is 5.88 Å². The Morgan fingerprint density at radius 1 is 1.38 bits per heavy atom. The first-order chi connectivity index (χ1) is 9.96. The van der Waals surface area contributed by atoms with Crippen LogP contribution in [0.15, 0.2) is 26.9 Å². The summed E-state index contributed by atoms with van der Waals surface area (Å²) in [7, 11) is -3.44. The van der Waals surface area contributed by atoms with Crippen molar-refractivity contribution in [3.8, 4) is 0 Å². The van der Waals surface area contributed by atoms with E-state index in [1.165, 1.54) is 4.31 Å². The van der Waals surface area contributed by atoms with E-state index in [1.807, 2.05) is 0 Å². The largest absolute Gasteiger partial charge is 0.368 e. The van der Waals surface area contributed by atoms with Gasteiger partial charge in [0.15, 0.2) is 0 Å². The average Bonchev–Trinajstić information content (AvgIpc) is 3.08. The number of nitrogen functional groups attached to an aromatic ring is 1. The lowest BCUT2D eigenvalue weighted by Gasteiger charge is -2.29. The summed E-state index contributed by atoms with van der Waals surface area (Å²) in [5.74, 6) is 0.470. The Labute approximate surface area is 131 Å². The summed E-state index contributed by atoms with van der Waals surface area (Å²) in [6.07, 6.45) is 1.40. The lowest BCUT2D eigenvalue weighted by molar-refractivity contribution is 0.309. The fourth-order valence-corrected chi connectivity index (χ4v) is 5.56. The van der Waals surface area contributed by atoms with Crippen LogP contribution in [0.25, 0.3) is 0 Å². The van der Waals surface area contributed by atoms with E-state index < -0.39 is 10.0 Å². The smallest absolute Gasteiger partial charge is 0.252 e. The predicted molar refractivity (Wildman–Crippen MR) is 81.0 cm³/mol. The van der Waals surface area contributed by atoms with Gasteiger partial charge in [-0.05, 0) is 25.0 Å². The molecule has 6 nitrogen and oxygen atoms in total. The zero-order valence-corrected chi connectivity index (χ0v) is 13.4. The Kier molecular flexibility index (Phi) is 3.96. The van der Waals surface area contributed by atoms with Crippen molar-refractivity contribution in [1.82, 2.24) is 9.46 Å². The van der Waals surface area contributed by atoms with Gasteiger partial charge in [0.05, 0.1) is 10.0 Å². The minimum Gasteiger partial charge on any atom is -0.368 e. The minimum atomic E-state index is -3.44. The van der Waals surface area contributed by atoms with Crippen LogP contribution in [0.5, 0.6) is 0 Å². The van der Waals surface area contributed by atoms with Crippen molar-refractivity contribution in [2.75, 3.05) is 18.8 Å². The normalized spacial score (nSPS) is 18.1. The first-order valence-corrected chi connectivity index (χ1v) is 9.08. The number of halogens is 1. The van der Waals surface area contributed by atoms with E-state index in [4.69, 9.17) is 21.9 Å². The molecule has 0 aliphatic carbocycles. The number of nitrogens with two attached hydrogens (primary N) is 1. The van der Waals surface area contributed by atoms with Crippen LogP contribution in [0.4, 0.5) is 5.88 Å². The third kappa shape index (κ3) is 2.94. The third-order valence-corrected chi connectivity index (χ3v) is 7.16. The van der Waals surface area contributed by atoms with E-state index in [0.717, 1.165) is 17.0 Å². The molecule has 0 saturated carbocycles. The van der Waals surface area contributed by atoms with Crippen LogP contribution < -0.4 is 5.73 Å². The Hall–Kier alpha value is -1.09. The summed E-state index contributed by atoms with van der Waals surface area (Å²) in [6, 6.07) is 4.85. The van der Waals surface area contributed by atoms with Gasteiger partial charge in [0.25, 0.3) is 10.0 Å². The van der Waals surface area contributed by atoms with Gasteiger partial charge in [-0.15, -0.1) is 11.3 Å². The molecule has 21 heavy (non-hydrogen) atoms. The summed E-state index contributed by atoms with van der Waals surface area (Å²) >= 11 is 6.90. The number of hydrogen-bond donors (Lipinski definition) is 1. The van der Waals surface area contributed by atoms with Crippen molar-refractivity contribution in [1.29, 1.82) is 0 Å². The van der Waals surface area contributed by atoms with Gasteiger partial charge in [0.1, 0.15) is 4.21 Å². The van der Waals surface area contributed by atoms with Crippen LogP contribution in [0, 0.1) is 0 Å². The lowest BCUT2D eigenvalue weighted by Crippen LogP contribution is -2.37. The second-order valence-electron chi connectivity index (χ2n) is 4.89. The molecule has 0 unspecified atom stereocenters. The Morgan fingerprint density at radius 3 is 2.62 bits per heavy atom. The second-order valence-corrected chi connectivity index (χ2v) is 8.77. The van der Waals surface area contributed by atoms with Crippen LogP contribution in [0.2, 0.25) is 4.34 Å². The summed E-state index contributed by atoms with van der Waals surface area (Å²) in [5.41, 5.74) is 6.31. The highest BCUT2D eigenvalue weighted by Crippen LogP contribution is 2.33. The van der Waals surface area contributed by atoms with Gasteiger partial charge in [-0.25, -0.2) is 8.42 Å². The second kappa shape index (κ2) is 5.60. The molecule has 0 atom stereocenters. The fourth-order valence-electron chi connectivity index (χ4n) is 2.45. The Morgan fingerprint density at radius 2 is 2.10 bits per heavy atom. The number of hydrogen-bond acceptors (Lipinski definition) is 6. The Bertz CT molecular complexity index is 733. The highest BCUT2D eigenvalue weighted by molar-refractivity contribution is 7.91. The monoisotopic (exact) mass is 347 g/mol. The van der Waals surface area contributed by atoms with E-state index in [2.05, 4.69) is 5.16 Å². The van der Waals surface area contributed by atoms with Crippen molar-refractivity contribution in [3.05, 3.63) is 28.2 Å². The summed E-state index contributed by atoms with van der Waals surface area (Å²) < 4.78 is 32.1. The van der Waals surface area contributed by atoms with Crippen LogP contribution in [-0.4, -0.2) is 31.0 Å². The minimum absolute atomic E-state index is 0.185. The highest BCUT2D eigenvalue weighted by Gasteiger charge is 2.31. The molecule has 3 rings (SSSR count). The van der Waals surface area contributed by atoms with E-state index in [-0.39, 0.29) is 16.0 Å². The molecule has 2 aromatic heterocycles. The quantitative estimate of drug-likeness (QED) is 0.921. The zero-order chi connectivity index (χ0) is 15.0. The number of nitrogens with zero attached hydrogens (tertiary/aromatic N) is 2. The van der Waals surface area contributed by atoms with Crippen molar-refractivity contribution >= 4 is 38.8 Å². The zero-order valence-electron chi connectivity index (χ0n) is 11.0. The number of aromatic nitrogens is 1.